The Morgan fingerprint density at radius 1 is 0.667 bits per heavy atom. The summed E-state index contributed by atoms with van der Waals surface area (Å²) in [6.45, 7) is 0.161. The van der Waals surface area contributed by atoms with Crippen LogP contribution in [0.3, 0.4) is 0 Å². The van der Waals surface area contributed by atoms with Crippen molar-refractivity contribution < 1.29 is 28.8 Å². The number of hydrogen-bond donors (Lipinski definition) is 10. The predicted molar refractivity (Wildman–Crippen MR) is 253 cm³/mol. The van der Waals surface area contributed by atoms with Crippen LogP contribution in [-0.4, -0.2) is 83.1 Å². The van der Waals surface area contributed by atoms with Crippen molar-refractivity contribution in [1.82, 2.24) is 36.9 Å². The topological polar surface area (TPSA) is 266 Å². The van der Waals surface area contributed by atoms with E-state index in [0.29, 0.717) is 25.7 Å². The average molecular weight is 897 g/mol. The van der Waals surface area contributed by atoms with Gasteiger partial charge in [-0.1, -0.05) is 109 Å². The van der Waals surface area contributed by atoms with Crippen LogP contribution in [0.15, 0.2) is 121 Å². The molecule has 16 heteroatoms. The Morgan fingerprint density at radius 3 is 1.92 bits per heavy atom. The van der Waals surface area contributed by atoms with Crippen molar-refractivity contribution in [3.8, 4) is 0 Å². The number of benzene rings is 4. The third kappa shape index (κ3) is 13.8. The quantitative estimate of drug-likeness (QED) is 0.0280. The van der Waals surface area contributed by atoms with Gasteiger partial charge < -0.3 is 48.4 Å². The fourth-order valence-electron chi connectivity index (χ4n) is 8.53. The van der Waals surface area contributed by atoms with Crippen LogP contribution >= 0.6 is 0 Å². The number of rotatable bonds is 22. The van der Waals surface area contributed by atoms with Crippen molar-refractivity contribution in [2.24, 2.45) is 11.5 Å². The first-order chi connectivity index (χ1) is 31.9. The largest absolute Gasteiger partial charge is 0.370 e. The number of nitrogens with two attached hydrogens (primary N) is 2. The first-order valence-electron chi connectivity index (χ1n) is 22.4. The van der Waals surface area contributed by atoms with Crippen LogP contribution in [0.25, 0.3) is 10.9 Å². The lowest BCUT2D eigenvalue weighted by Crippen LogP contribution is -2.64. The summed E-state index contributed by atoms with van der Waals surface area (Å²) >= 11 is 0. The van der Waals surface area contributed by atoms with E-state index < -0.39 is 53.2 Å². The first-order valence-corrected chi connectivity index (χ1v) is 22.4. The van der Waals surface area contributed by atoms with Gasteiger partial charge in [0.2, 0.25) is 35.4 Å². The van der Waals surface area contributed by atoms with E-state index in [9.17, 15) is 28.8 Å². The minimum Gasteiger partial charge on any atom is -0.370 e. The van der Waals surface area contributed by atoms with E-state index in [1.54, 1.807) is 6.20 Å². The third-order valence-corrected chi connectivity index (χ3v) is 12.1. The number of aromatic amines is 1. The molecule has 6 amide bonds. The number of nitrogens with one attached hydrogen (secondary N) is 8. The molecule has 16 nitrogen and oxygen atoms in total. The van der Waals surface area contributed by atoms with Crippen LogP contribution in [-0.2, 0) is 48.0 Å². The molecule has 0 bridgehead atoms. The number of carbonyl (C=O) groups excluding carboxylic acids is 6. The van der Waals surface area contributed by atoms with Gasteiger partial charge in [0.1, 0.15) is 23.7 Å². The lowest BCUT2D eigenvalue weighted by atomic mass is 9.73. The Bertz CT molecular complexity index is 2440. The van der Waals surface area contributed by atoms with E-state index in [1.807, 2.05) is 103 Å². The standard InChI is InChI=1S/C50H60N10O6/c51-43(61)24-28-54-45(63)42(31-37-32-56-39-20-11-10-19-38(37)39)58-46(64)40(21-12-27-55-49(52)53)57-47(65)41(29-33-13-4-1-5-14-33)59-48(66)50(60-44(62)30-34-15-6-2-7-16-34)25-22-36(23-26-50)35-17-8-3-9-18-35/h1-11,13-20,32,36,40-42,56H,12,21-31H2,(H2,51,61)(H,54,63)(H,57,65)(H,58,64)(H,59,66)(H,60,62)(H4,52,53,55)/t36-,40-,41+,42-,50+/m0/s1. The highest BCUT2D eigenvalue weighted by molar-refractivity contribution is 5.97. The van der Waals surface area contributed by atoms with Gasteiger partial charge >= 0.3 is 0 Å². The van der Waals surface area contributed by atoms with Gasteiger partial charge in [0.25, 0.3) is 0 Å². The Morgan fingerprint density at radius 2 is 1.26 bits per heavy atom. The molecule has 1 heterocycles. The predicted octanol–water partition coefficient (Wildman–Crippen LogP) is 3.12. The van der Waals surface area contributed by atoms with Crippen molar-refractivity contribution in [3.05, 3.63) is 144 Å². The Balaban J connectivity index is 1.26. The second-order valence-corrected chi connectivity index (χ2v) is 16.9. The lowest BCUT2D eigenvalue weighted by molar-refractivity contribution is -0.138. The molecule has 1 saturated carbocycles. The molecule has 1 aromatic heterocycles. The van der Waals surface area contributed by atoms with E-state index in [1.165, 1.54) is 0 Å². The molecule has 66 heavy (non-hydrogen) atoms. The summed E-state index contributed by atoms with van der Waals surface area (Å²) in [5, 5.41) is 25.7. The van der Waals surface area contributed by atoms with Crippen LogP contribution in [0, 0.1) is 5.41 Å². The SMILES string of the molecule is N=C(N)NCCC[C@H](NC(=O)[C@@H](Cc1ccccc1)NC(=O)[C@]1(NC(=O)Cc2ccccc2)CC[C@@H](c2ccccc2)CC1)C(=O)N[C@@H](Cc1c[nH]c2ccccc12)C(=O)NCCC(N)=O. The fourth-order valence-corrected chi connectivity index (χ4v) is 8.53. The molecule has 4 aromatic carbocycles. The van der Waals surface area contributed by atoms with E-state index in [4.69, 9.17) is 16.9 Å². The number of primary amides is 1. The van der Waals surface area contributed by atoms with Crippen molar-refractivity contribution in [1.29, 1.82) is 5.41 Å². The molecule has 0 saturated heterocycles. The Kier molecular flexibility index (Phi) is 17.0. The van der Waals surface area contributed by atoms with Gasteiger partial charge in [0.05, 0.1) is 6.42 Å². The lowest BCUT2D eigenvalue weighted by Gasteiger charge is -2.40. The number of guanidine groups is 1. The van der Waals surface area contributed by atoms with Crippen LogP contribution in [0.5, 0.6) is 0 Å². The summed E-state index contributed by atoms with van der Waals surface area (Å²) in [5.74, 6) is -3.42. The summed E-state index contributed by atoms with van der Waals surface area (Å²) in [7, 11) is 0. The molecule has 1 fully saturated rings. The zero-order chi connectivity index (χ0) is 46.9. The number of H-pyrrole nitrogens is 1. The molecule has 6 rings (SSSR count). The molecular formula is C50H60N10O6. The summed E-state index contributed by atoms with van der Waals surface area (Å²) in [5.41, 5.74) is 13.8. The van der Waals surface area contributed by atoms with Crippen LogP contribution in [0.4, 0.5) is 0 Å². The summed E-state index contributed by atoms with van der Waals surface area (Å²) in [6.07, 6.45) is 4.07. The van der Waals surface area contributed by atoms with Gasteiger partial charge in [-0.25, -0.2) is 0 Å². The number of hydrogen-bond acceptors (Lipinski definition) is 7. The van der Waals surface area contributed by atoms with E-state index in [2.05, 4.69) is 49.0 Å². The summed E-state index contributed by atoms with van der Waals surface area (Å²) in [4.78, 5) is 86.0. The number of para-hydroxylation sites is 1. The highest BCUT2D eigenvalue weighted by atomic mass is 16.2. The van der Waals surface area contributed by atoms with E-state index in [0.717, 1.165) is 33.2 Å². The molecule has 0 radical (unpaired) electrons. The van der Waals surface area contributed by atoms with Crippen molar-refractivity contribution in [2.45, 2.75) is 93.8 Å². The molecule has 5 aromatic rings. The summed E-state index contributed by atoms with van der Waals surface area (Å²) in [6, 6.07) is 32.4. The number of fused-ring (bicyclic) bond motifs is 1. The fraction of sp³-hybridized carbons (Fsp3) is 0.340. The first kappa shape index (κ1) is 48.0. The molecule has 0 aliphatic heterocycles. The van der Waals surface area contributed by atoms with Gasteiger partial charge in [-0.15, -0.1) is 0 Å². The maximum absolute atomic E-state index is 14.8. The second-order valence-electron chi connectivity index (χ2n) is 16.9. The molecule has 1 aliphatic rings. The highest BCUT2D eigenvalue weighted by Crippen LogP contribution is 2.38. The normalized spacial score (nSPS) is 17.0. The van der Waals surface area contributed by atoms with E-state index in [-0.39, 0.29) is 69.4 Å². The van der Waals surface area contributed by atoms with Crippen LogP contribution in [0.1, 0.15) is 73.1 Å². The zero-order valence-electron chi connectivity index (χ0n) is 36.9. The molecule has 12 N–H and O–H groups in total. The highest BCUT2D eigenvalue weighted by Gasteiger charge is 2.45. The Labute approximate surface area is 384 Å². The van der Waals surface area contributed by atoms with Crippen molar-refractivity contribution >= 4 is 52.3 Å². The van der Waals surface area contributed by atoms with Gasteiger partial charge in [0.15, 0.2) is 5.96 Å². The molecule has 0 unspecified atom stereocenters. The van der Waals surface area contributed by atoms with E-state index >= 15 is 0 Å². The molecule has 0 spiro atoms. The number of aromatic nitrogens is 1. The monoisotopic (exact) mass is 896 g/mol. The molecule has 346 valence electrons. The molecular weight excluding hydrogens is 837 g/mol. The maximum atomic E-state index is 14.8. The maximum Gasteiger partial charge on any atom is 0.246 e. The molecule has 1 aliphatic carbocycles. The average Bonchev–Trinajstić information content (AvgIpc) is 3.72. The number of amides is 6. The van der Waals surface area contributed by atoms with Crippen LogP contribution in [0.2, 0.25) is 0 Å². The van der Waals surface area contributed by atoms with Crippen molar-refractivity contribution in [2.75, 3.05) is 13.1 Å². The zero-order valence-corrected chi connectivity index (χ0v) is 36.9. The van der Waals surface area contributed by atoms with Crippen LogP contribution < -0.4 is 43.4 Å². The Hall–Kier alpha value is -7.49. The third-order valence-electron chi connectivity index (χ3n) is 12.1. The second kappa shape index (κ2) is 23.4. The minimum atomic E-state index is -1.33. The minimum absolute atomic E-state index is 0.0483. The van der Waals surface area contributed by atoms with Gasteiger partial charge in [0, 0.05) is 49.5 Å². The van der Waals surface area contributed by atoms with Crippen molar-refractivity contribution in [3.63, 3.8) is 0 Å². The van der Waals surface area contributed by atoms with Gasteiger partial charge in [-0.05, 0) is 72.8 Å². The summed E-state index contributed by atoms with van der Waals surface area (Å²) < 4.78 is 0. The van der Waals surface area contributed by atoms with Gasteiger partial charge in [-0.2, -0.15) is 0 Å². The van der Waals surface area contributed by atoms with Gasteiger partial charge in [-0.3, -0.25) is 34.2 Å². The number of carbonyl (C=O) groups is 6. The molecule has 3 atom stereocenters. The smallest absolute Gasteiger partial charge is 0.246 e.